The van der Waals surface area contributed by atoms with Crippen molar-refractivity contribution in [2.45, 2.75) is 19.8 Å². The molecule has 0 N–H and O–H groups in total. The lowest BCUT2D eigenvalue weighted by Crippen LogP contribution is -2.38. The molecule has 0 unspecified atom stereocenters. The molecule has 1 aromatic heterocycles. The summed E-state index contributed by atoms with van der Waals surface area (Å²) in [6.07, 6.45) is 2.08. The fourth-order valence-electron chi connectivity index (χ4n) is 3.43. The summed E-state index contributed by atoms with van der Waals surface area (Å²) in [5, 5.41) is 4.09. The van der Waals surface area contributed by atoms with Gasteiger partial charge in [0.05, 0.1) is 18.2 Å². The van der Waals surface area contributed by atoms with E-state index in [0.29, 0.717) is 28.8 Å². The SMILES string of the molecule is COc1ccc(-c2noc(-c3ccccc3C(=O)N3CCC(C)CC3)n2)cc1. The number of nitrogens with zero attached hydrogens (tertiary/aromatic N) is 3. The second-order valence-corrected chi connectivity index (χ2v) is 7.17. The number of carbonyl (C=O) groups excluding carboxylic acids is 1. The Balaban J connectivity index is 1.61. The van der Waals surface area contributed by atoms with Crippen LogP contribution in [0.5, 0.6) is 5.75 Å². The summed E-state index contributed by atoms with van der Waals surface area (Å²) in [4.78, 5) is 19.5. The number of rotatable bonds is 4. The number of likely N-dealkylation sites (tertiary alicyclic amines) is 1. The molecule has 4 rings (SSSR count). The fourth-order valence-corrected chi connectivity index (χ4v) is 3.43. The van der Waals surface area contributed by atoms with Crippen LogP contribution in [0, 0.1) is 5.92 Å². The Labute approximate surface area is 164 Å². The normalized spacial score (nSPS) is 14.9. The Hall–Kier alpha value is -3.15. The first-order valence-corrected chi connectivity index (χ1v) is 9.52. The van der Waals surface area contributed by atoms with Crippen molar-refractivity contribution in [3.05, 3.63) is 54.1 Å². The zero-order chi connectivity index (χ0) is 19.5. The number of piperidine rings is 1. The molecule has 28 heavy (non-hydrogen) atoms. The predicted octanol–water partition coefficient (Wildman–Crippen LogP) is 4.28. The first-order chi connectivity index (χ1) is 13.7. The maximum atomic E-state index is 13.1. The predicted molar refractivity (Wildman–Crippen MR) is 106 cm³/mol. The lowest BCUT2D eigenvalue weighted by molar-refractivity contribution is 0.0697. The average molecular weight is 377 g/mol. The highest BCUT2D eigenvalue weighted by atomic mass is 16.5. The Morgan fingerprint density at radius 1 is 1.11 bits per heavy atom. The second kappa shape index (κ2) is 7.84. The van der Waals surface area contributed by atoms with Crippen molar-refractivity contribution < 1.29 is 14.1 Å². The maximum Gasteiger partial charge on any atom is 0.259 e. The Bertz CT molecular complexity index is 957. The van der Waals surface area contributed by atoms with Gasteiger partial charge < -0.3 is 14.2 Å². The number of carbonyl (C=O) groups is 1. The van der Waals surface area contributed by atoms with E-state index in [-0.39, 0.29) is 5.91 Å². The molecule has 0 spiro atoms. The molecule has 3 aromatic rings. The molecule has 6 heteroatoms. The lowest BCUT2D eigenvalue weighted by Gasteiger charge is -2.30. The van der Waals surface area contributed by atoms with Crippen LogP contribution in [0.15, 0.2) is 53.1 Å². The number of benzene rings is 2. The third-order valence-electron chi connectivity index (χ3n) is 5.23. The average Bonchev–Trinajstić information content (AvgIpc) is 3.24. The smallest absolute Gasteiger partial charge is 0.259 e. The van der Waals surface area contributed by atoms with E-state index in [9.17, 15) is 4.79 Å². The van der Waals surface area contributed by atoms with E-state index in [4.69, 9.17) is 9.26 Å². The molecular formula is C22H23N3O3. The Kier molecular flexibility index (Phi) is 5.10. The minimum Gasteiger partial charge on any atom is -0.497 e. The molecular weight excluding hydrogens is 354 g/mol. The first kappa shape index (κ1) is 18.2. The minimum absolute atomic E-state index is 0.0201. The number of aromatic nitrogens is 2. The van der Waals surface area contributed by atoms with E-state index in [1.807, 2.05) is 53.4 Å². The highest BCUT2D eigenvalue weighted by molar-refractivity contribution is 6.00. The highest BCUT2D eigenvalue weighted by Crippen LogP contribution is 2.28. The van der Waals surface area contributed by atoms with Crippen molar-refractivity contribution in [2.24, 2.45) is 5.92 Å². The number of hydrogen-bond donors (Lipinski definition) is 0. The van der Waals surface area contributed by atoms with Crippen molar-refractivity contribution in [2.75, 3.05) is 20.2 Å². The molecule has 2 aromatic carbocycles. The Morgan fingerprint density at radius 3 is 2.54 bits per heavy atom. The van der Waals surface area contributed by atoms with E-state index >= 15 is 0 Å². The molecule has 1 aliphatic rings. The fraction of sp³-hybridized carbons (Fsp3) is 0.318. The largest absolute Gasteiger partial charge is 0.497 e. The van der Waals surface area contributed by atoms with Gasteiger partial charge in [-0.2, -0.15) is 4.98 Å². The van der Waals surface area contributed by atoms with Gasteiger partial charge in [0.1, 0.15) is 5.75 Å². The van der Waals surface area contributed by atoms with Crippen molar-refractivity contribution >= 4 is 5.91 Å². The van der Waals surface area contributed by atoms with Crippen molar-refractivity contribution in [3.63, 3.8) is 0 Å². The topological polar surface area (TPSA) is 68.5 Å². The zero-order valence-corrected chi connectivity index (χ0v) is 16.1. The quantitative estimate of drug-likeness (QED) is 0.679. The summed E-state index contributed by atoms with van der Waals surface area (Å²) in [5.74, 6) is 2.28. The minimum atomic E-state index is 0.0201. The van der Waals surface area contributed by atoms with Crippen molar-refractivity contribution in [1.29, 1.82) is 0 Å². The molecule has 6 nitrogen and oxygen atoms in total. The van der Waals surface area contributed by atoms with Gasteiger partial charge >= 0.3 is 0 Å². The monoisotopic (exact) mass is 377 g/mol. The third kappa shape index (κ3) is 3.63. The molecule has 1 fully saturated rings. The summed E-state index contributed by atoms with van der Waals surface area (Å²) in [7, 11) is 1.62. The van der Waals surface area contributed by atoms with Gasteiger partial charge in [0.2, 0.25) is 5.82 Å². The molecule has 0 saturated carbocycles. The summed E-state index contributed by atoms with van der Waals surface area (Å²) in [6, 6.07) is 14.9. The van der Waals surface area contributed by atoms with E-state index in [0.717, 1.165) is 37.2 Å². The van der Waals surface area contributed by atoms with Crippen LogP contribution in [0.2, 0.25) is 0 Å². The van der Waals surface area contributed by atoms with E-state index in [1.165, 1.54) is 0 Å². The van der Waals surface area contributed by atoms with Crippen LogP contribution in [0.4, 0.5) is 0 Å². The maximum absolute atomic E-state index is 13.1. The van der Waals surface area contributed by atoms with Gasteiger partial charge in [-0.15, -0.1) is 0 Å². The molecule has 0 aliphatic carbocycles. The van der Waals surface area contributed by atoms with Crippen LogP contribution in [0.3, 0.4) is 0 Å². The molecule has 1 aliphatic heterocycles. The van der Waals surface area contributed by atoms with Crippen LogP contribution < -0.4 is 4.74 Å². The standard InChI is InChI=1S/C22H23N3O3/c1-15-11-13-25(14-12-15)22(26)19-6-4-3-5-18(19)21-23-20(24-28-21)16-7-9-17(27-2)10-8-16/h3-10,15H,11-14H2,1-2H3. The third-order valence-corrected chi connectivity index (χ3v) is 5.23. The van der Waals surface area contributed by atoms with Gasteiger partial charge in [-0.1, -0.05) is 24.2 Å². The van der Waals surface area contributed by atoms with E-state index < -0.39 is 0 Å². The van der Waals surface area contributed by atoms with Crippen LogP contribution >= 0.6 is 0 Å². The molecule has 0 radical (unpaired) electrons. The highest BCUT2D eigenvalue weighted by Gasteiger charge is 2.25. The van der Waals surface area contributed by atoms with Crippen LogP contribution in [0.25, 0.3) is 22.8 Å². The molecule has 1 amide bonds. The van der Waals surface area contributed by atoms with Crippen LogP contribution in [0.1, 0.15) is 30.1 Å². The number of hydrogen-bond acceptors (Lipinski definition) is 5. The number of methoxy groups -OCH3 is 1. The van der Waals surface area contributed by atoms with Gasteiger partial charge in [0.15, 0.2) is 0 Å². The first-order valence-electron chi connectivity index (χ1n) is 9.52. The summed E-state index contributed by atoms with van der Waals surface area (Å²) >= 11 is 0. The van der Waals surface area contributed by atoms with Crippen LogP contribution in [-0.2, 0) is 0 Å². The van der Waals surface area contributed by atoms with Gasteiger partial charge in [-0.25, -0.2) is 0 Å². The summed E-state index contributed by atoms with van der Waals surface area (Å²) < 4.78 is 10.7. The molecule has 2 heterocycles. The second-order valence-electron chi connectivity index (χ2n) is 7.17. The van der Waals surface area contributed by atoms with Gasteiger partial charge in [0, 0.05) is 18.7 Å². The molecule has 1 saturated heterocycles. The lowest BCUT2D eigenvalue weighted by atomic mass is 9.98. The van der Waals surface area contributed by atoms with Gasteiger partial charge in [-0.3, -0.25) is 4.79 Å². The van der Waals surface area contributed by atoms with Crippen molar-refractivity contribution in [1.82, 2.24) is 15.0 Å². The van der Waals surface area contributed by atoms with E-state index in [1.54, 1.807) is 7.11 Å². The van der Waals surface area contributed by atoms with Gasteiger partial charge in [-0.05, 0) is 55.2 Å². The summed E-state index contributed by atoms with van der Waals surface area (Å²) in [6.45, 7) is 3.80. The molecule has 0 atom stereocenters. The van der Waals surface area contributed by atoms with Crippen LogP contribution in [-0.4, -0.2) is 41.1 Å². The Morgan fingerprint density at radius 2 is 1.82 bits per heavy atom. The molecule has 0 bridgehead atoms. The number of amides is 1. The van der Waals surface area contributed by atoms with E-state index in [2.05, 4.69) is 17.1 Å². The van der Waals surface area contributed by atoms with Gasteiger partial charge in [0.25, 0.3) is 11.8 Å². The summed E-state index contributed by atoms with van der Waals surface area (Å²) in [5.41, 5.74) is 2.09. The zero-order valence-electron chi connectivity index (χ0n) is 16.1. The molecule has 144 valence electrons. The van der Waals surface area contributed by atoms with Crippen molar-refractivity contribution in [3.8, 4) is 28.6 Å². The number of ether oxygens (including phenoxy) is 1.